The largest absolute Gasteiger partial charge is 0.332 e. The van der Waals surface area contributed by atoms with Gasteiger partial charge in [0.1, 0.15) is 5.82 Å². The molecule has 0 saturated heterocycles. The fraction of sp³-hybridized carbons (Fsp3) is 0.333. The SMILES string of the molecule is Cc1cc(C(=O)N2CCn3ccnc3C2)sc1C#CCN. The molecule has 3 heterocycles. The van der Waals surface area contributed by atoms with Crippen molar-refractivity contribution in [3.05, 3.63) is 39.6 Å². The van der Waals surface area contributed by atoms with Crippen LogP contribution in [0.5, 0.6) is 0 Å². The molecule has 2 aromatic heterocycles. The van der Waals surface area contributed by atoms with Gasteiger partial charge in [-0.2, -0.15) is 0 Å². The molecule has 0 unspecified atom stereocenters. The molecule has 0 fully saturated rings. The van der Waals surface area contributed by atoms with Gasteiger partial charge in [-0.15, -0.1) is 11.3 Å². The fourth-order valence-electron chi connectivity index (χ4n) is 2.35. The summed E-state index contributed by atoms with van der Waals surface area (Å²) < 4.78 is 2.08. The Morgan fingerprint density at radius 3 is 3.19 bits per heavy atom. The lowest BCUT2D eigenvalue weighted by molar-refractivity contribution is 0.0712. The van der Waals surface area contributed by atoms with E-state index < -0.39 is 0 Å². The standard InChI is InChI=1S/C15H16N4OS/c1-11-9-13(21-12(11)3-2-4-16)15(20)19-8-7-18-6-5-17-14(18)10-19/h5-6,9H,4,7-8,10,16H2,1H3. The van der Waals surface area contributed by atoms with Crippen LogP contribution in [0.4, 0.5) is 0 Å². The minimum atomic E-state index is 0.0538. The molecule has 1 amide bonds. The van der Waals surface area contributed by atoms with E-state index in [9.17, 15) is 4.79 Å². The highest BCUT2D eigenvalue weighted by Crippen LogP contribution is 2.24. The maximum Gasteiger partial charge on any atom is 0.264 e. The molecule has 2 aromatic rings. The van der Waals surface area contributed by atoms with Crippen molar-refractivity contribution in [3.8, 4) is 11.8 Å². The summed E-state index contributed by atoms with van der Waals surface area (Å²) >= 11 is 1.44. The number of nitrogens with two attached hydrogens (primary N) is 1. The molecule has 2 N–H and O–H groups in total. The first-order valence-corrected chi connectivity index (χ1v) is 7.59. The molecule has 0 radical (unpaired) electrons. The molecule has 3 rings (SSSR count). The zero-order valence-corrected chi connectivity index (χ0v) is 12.6. The van der Waals surface area contributed by atoms with Crippen molar-refractivity contribution in [3.63, 3.8) is 0 Å². The lowest BCUT2D eigenvalue weighted by Crippen LogP contribution is -2.37. The normalized spacial score (nSPS) is 13.5. The Kier molecular flexibility index (Phi) is 3.78. The van der Waals surface area contributed by atoms with Crippen LogP contribution in [0.25, 0.3) is 0 Å². The second-order valence-corrected chi connectivity index (χ2v) is 5.94. The topological polar surface area (TPSA) is 64.2 Å². The van der Waals surface area contributed by atoms with Gasteiger partial charge in [-0.1, -0.05) is 11.8 Å². The van der Waals surface area contributed by atoms with E-state index in [1.165, 1.54) is 11.3 Å². The molecule has 5 nitrogen and oxygen atoms in total. The maximum absolute atomic E-state index is 12.6. The quantitative estimate of drug-likeness (QED) is 0.805. The second-order valence-electron chi connectivity index (χ2n) is 4.89. The van der Waals surface area contributed by atoms with Crippen molar-refractivity contribution >= 4 is 17.2 Å². The van der Waals surface area contributed by atoms with Crippen molar-refractivity contribution in [2.45, 2.75) is 20.0 Å². The zero-order valence-electron chi connectivity index (χ0n) is 11.8. The van der Waals surface area contributed by atoms with Crippen molar-refractivity contribution in [1.82, 2.24) is 14.5 Å². The third-order valence-electron chi connectivity index (χ3n) is 3.46. The Labute approximate surface area is 127 Å². The van der Waals surface area contributed by atoms with Crippen molar-refractivity contribution < 1.29 is 4.79 Å². The van der Waals surface area contributed by atoms with Crippen LogP contribution in [-0.4, -0.2) is 33.4 Å². The van der Waals surface area contributed by atoms with Crippen LogP contribution < -0.4 is 5.73 Å². The first kappa shape index (κ1) is 13.9. The predicted molar refractivity (Wildman–Crippen MR) is 82.0 cm³/mol. The van der Waals surface area contributed by atoms with E-state index in [1.807, 2.05) is 24.1 Å². The van der Waals surface area contributed by atoms with Crippen LogP contribution in [-0.2, 0) is 13.1 Å². The lowest BCUT2D eigenvalue weighted by Gasteiger charge is -2.27. The Balaban J connectivity index is 1.80. The summed E-state index contributed by atoms with van der Waals surface area (Å²) in [5.41, 5.74) is 6.42. The van der Waals surface area contributed by atoms with Gasteiger partial charge in [-0.05, 0) is 18.6 Å². The lowest BCUT2D eigenvalue weighted by atomic mass is 10.2. The monoisotopic (exact) mass is 300 g/mol. The molecule has 0 spiro atoms. The number of hydrogen-bond acceptors (Lipinski definition) is 4. The van der Waals surface area contributed by atoms with Crippen LogP contribution in [0.2, 0.25) is 0 Å². The van der Waals surface area contributed by atoms with Gasteiger partial charge < -0.3 is 15.2 Å². The summed E-state index contributed by atoms with van der Waals surface area (Å²) in [5.74, 6) is 6.85. The van der Waals surface area contributed by atoms with E-state index in [1.54, 1.807) is 6.20 Å². The molecule has 6 heteroatoms. The van der Waals surface area contributed by atoms with E-state index in [4.69, 9.17) is 5.73 Å². The molecule has 0 saturated carbocycles. The summed E-state index contributed by atoms with van der Waals surface area (Å²) in [6.45, 7) is 4.37. The van der Waals surface area contributed by atoms with Gasteiger partial charge >= 0.3 is 0 Å². The van der Waals surface area contributed by atoms with E-state index in [0.717, 1.165) is 27.7 Å². The highest BCUT2D eigenvalue weighted by Gasteiger charge is 2.23. The molecule has 1 aliphatic heterocycles. The van der Waals surface area contributed by atoms with E-state index in [2.05, 4.69) is 21.4 Å². The first-order chi connectivity index (χ1) is 10.2. The number of aromatic nitrogens is 2. The van der Waals surface area contributed by atoms with Gasteiger partial charge in [-0.3, -0.25) is 4.79 Å². The number of thiophene rings is 1. The third kappa shape index (κ3) is 2.71. The first-order valence-electron chi connectivity index (χ1n) is 6.77. The number of carbonyl (C=O) groups excluding carboxylic acids is 1. The fourth-order valence-corrected chi connectivity index (χ4v) is 3.36. The van der Waals surface area contributed by atoms with Crippen molar-refractivity contribution in [2.24, 2.45) is 5.73 Å². The molecule has 0 bridgehead atoms. The minimum Gasteiger partial charge on any atom is -0.332 e. The summed E-state index contributed by atoms with van der Waals surface area (Å²) in [5, 5.41) is 0. The van der Waals surface area contributed by atoms with E-state index >= 15 is 0 Å². The summed E-state index contributed by atoms with van der Waals surface area (Å²) in [4.78, 5) is 20.4. The summed E-state index contributed by atoms with van der Waals surface area (Å²) in [7, 11) is 0. The third-order valence-corrected chi connectivity index (χ3v) is 4.61. The predicted octanol–water partition coefficient (Wildman–Crippen LogP) is 1.22. The highest BCUT2D eigenvalue weighted by molar-refractivity contribution is 7.14. The average Bonchev–Trinajstić information content (AvgIpc) is 3.10. The van der Waals surface area contributed by atoms with Gasteiger partial charge in [0.15, 0.2) is 0 Å². The molecule has 108 valence electrons. The number of aryl methyl sites for hydroxylation is 1. The van der Waals surface area contributed by atoms with Gasteiger partial charge in [-0.25, -0.2) is 4.98 Å². The second kappa shape index (κ2) is 5.72. The van der Waals surface area contributed by atoms with Crippen LogP contribution in [0.3, 0.4) is 0 Å². The van der Waals surface area contributed by atoms with Crippen molar-refractivity contribution in [1.29, 1.82) is 0 Å². The van der Waals surface area contributed by atoms with Crippen LogP contribution in [0, 0.1) is 18.8 Å². The van der Waals surface area contributed by atoms with Crippen LogP contribution >= 0.6 is 11.3 Å². The molecular weight excluding hydrogens is 284 g/mol. The summed E-state index contributed by atoms with van der Waals surface area (Å²) in [6, 6.07) is 1.91. The molecule has 0 aromatic carbocycles. The number of carbonyl (C=O) groups is 1. The minimum absolute atomic E-state index is 0.0538. The number of hydrogen-bond donors (Lipinski definition) is 1. The number of amides is 1. The van der Waals surface area contributed by atoms with E-state index in [-0.39, 0.29) is 5.91 Å². The zero-order chi connectivity index (χ0) is 14.8. The number of nitrogens with zero attached hydrogens (tertiary/aromatic N) is 3. The van der Waals surface area contributed by atoms with Crippen LogP contribution in [0.1, 0.15) is 25.9 Å². The molecule has 21 heavy (non-hydrogen) atoms. The molecule has 0 aliphatic carbocycles. The highest BCUT2D eigenvalue weighted by atomic mass is 32.1. The number of rotatable bonds is 1. The Morgan fingerprint density at radius 2 is 2.38 bits per heavy atom. The summed E-state index contributed by atoms with van der Waals surface area (Å²) in [6.07, 6.45) is 3.73. The Bertz CT molecular complexity index is 734. The van der Waals surface area contributed by atoms with Gasteiger partial charge in [0.2, 0.25) is 0 Å². The van der Waals surface area contributed by atoms with Crippen molar-refractivity contribution in [2.75, 3.05) is 13.1 Å². The number of fused-ring (bicyclic) bond motifs is 1. The smallest absolute Gasteiger partial charge is 0.264 e. The Hall–Kier alpha value is -2.10. The van der Waals surface area contributed by atoms with Gasteiger partial charge in [0.25, 0.3) is 5.91 Å². The van der Waals surface area contributed by atoms with E-state index in [0.29, 0.717) is 19.6 Å². The molecule has 0 atom stereocenters. The molecule has 1 aliphatic rings. The Morgan fingerprint density at radius 1 is 1.52 bits per heavy atom. The van der Waals surface area contributed by atoms with Gasteiger partial charge in [0, 0.05) is 25.5 Å². The maximum atomic E-state index is 12.6. The van der Waals surface area contributed by atoms with Crippen LogP contribution in [0.15, 0.2) is 18.5 Å². The number of imidazole rings is 1. The van der Waals surface area contributed by atoms with Gasteiger partial charge in [0.05, 0.1) is 22.8 Å². The average molecular weight is 300 g/mol. The molecular formula is C15H16N4OS.